The van der Waals surface area contributed by atoms with E-state index in [1.807, 2.05) is 30.3 Å². The lowest BCUT2D eigenvalue weighted by Gasteiger charge is -2.36. The number of rotatable bonds is 8. The largest absolute Gasteiger partial charge is 0.353 e. The number of piperidine rings is 1. The van der Waals surface area contributed by atoms with Gasteiger partial charge in [-0.05, 0) is 62.4 Å². The number of hydrogen-bond donors (Lipinski definition) is 2. The maximum atomic E-state index is 12.4. The summed E-state index contributed by atoms with van der Waals surface area (Å²) < 4.78 is 0. The smallest absolute Gasteiger partial charge is 0.224 e. The van der Waals surface area contributed by atoms with Gasteiger partial charge in [-0.1, -0.05) is 54.6 Å². The lowest BCUT2D eigenvalue weighted by molar-refractivity contribution is -0.121. The van der Waals surface area contributed by atoms with Crippen LogP contribution < -0.4 is 10.6 Å². The molecule has 0 aromatic heterocycles. The second-order valence-electron chi connectivity index (χ2n) is 9.06. The molecule has 4 heteroatoms. The summed E-state index contributed by atoms with van der Waals surface area (Å²) in [5, 5.41) is 6.71. The summed E-state index contributed by atoms with van der Waals surface area (Å²) in [7, 11) is 2.08. The molecule has 2 N–H and O–H groups in total. The maximum absolute atomic E-state index is 12.4. The van der Waals surface area contributed by atoms with Crippen molar-refractivity contribution in [3.05, 3.63) is 71.3 Å². The molecule has 2 aromatic rings. The highest BCUT2D eigenvalue weighted by Gasteiger charge is 2.38. The zero-order valence-corrected chi connectivity index (χ0v) is 18.2. The van der Waals surface area contributed by atoms with E-state index in [9.17, 15) is 4.79 Å². The number of nitrogens with zero attached hydrogens (tertiary/aromatic N) is 1. The fourth-order valence-corrected chi connectivity index (χ4v) is 5.37. The molecular weight excluding hydrogens is 370 g/mol. The van der Waals surface area contributed by atoms with Crippen LogP contribution in [0.4, 0.5) is 0 Å². The van der Waals surface area contributed by atoms with E-state index in [1.165, 1.54) is 24.8 Å². The highest BCUT2D eigenvalue weighted by Crippen LogP contribution is 2.41. The van der Waals surface area contributed by atoms with Crippen LogP contribution in [0, 0.1) is 0 Å². The number of amides is 1. The van der Waals surface area contributed by atoms with Crippen molar-refractivity contribution >= 4 is 5.91 Å². The molecule has 1 aliphatic heterocycles. The first-order valence-corrected chi connectivity index (χ1v) is 11.5. The normalized spacial score (nSPS) is 22.0. The predicted molar refractivity (Wildman–Crippen MR) is 123 cm³/mol. The summed E-state index contributed by atoms with van der Waals surface area (Å²) in [4.78, 5) is 15.0. The van der Waals surface area contributed by atoms with Crippen molar-refractivity contribution in [2.45, 2.75) is 50.0 Å². The molecule has 4 rings (SSSR count). The van der Waals surface area contributed by atoms with Crippen molar-refractivity contribution in [2.75, 3.05) is 33.2 Å². The van der Waals surface area contributed by atoms with Crippen molar-refractivity contribution in [1.82, 2.24) is 15.5 Å². The third-order valence-corrected chi connectivity index (χ3v) is 7.04. The summed E-state index contributed by atoms with van der Waals surface area (Å²) in [6.45, 7) is 4.35. The molecule has 0 radical (unpaired) electrons. The fourth-order valence-electron chi connectivity index (χ4n) is 5.37. The van der Waals surface area contributed by atoms with E-state index < -0.39 is 0 Å². The van der Waals surface area contributed by atoms with Gasteiger partial charge in [0.1, 0.15) is 0 Å². The average molecular weight is 406 g/mol. The van der Waals surface area contributed by atoms with Gasteiger partial charge >= 0.3 is 0 Å². The SMILES string of the molecule is CNCC1(CCN2CCC(NC(=O)Cc3ccccc3)CC2)CCc2ccccc21. The zero-order valence-electron chi connectivity index (χ0n) is 18.2. The summed E-state index contributed by atoms with van der Waals surface area (Å²) >= 11 is 0. The van der Waals surface area contributed by atoms with Crippen LogP contribution in [0.2, 0.25) is 0 Å². The van der Waals surface area contributed by atoms with Crippen LogP contribution in [0.25, 0.3) is 0 Å². The molecule has 4 nitrogen and oxygen atoms in total. The van der Waals surface area contributed by atoms with Gasteiger partial charge in [0.25, 0.3) is 0 Å². The Balaban J connectivity index is 1.25. The Morgan fingerprint density at radius 3 is 2.57 bits per heavy atom. The van der Waals surface area contributed by atoms with Gasteiger partial charge in [0, 0.05) is 31.1 Å². The second kappa shape index (κ2) is 9.76. The number of benzene rings is 2. The topological polar surface area (TPSA) is 44.4 Å². The number of fused-ring (bicyclic) bond motifs is 1. The minimum Gasteiger partial charge on any atom is -0.353 e. The molecule has 1 atom stereocenters. The van der Waals surface area contributed by atoms with E-state index in [4.69, 9.17) is 0 Å². The predicted octanol–water partition coefficient (Wildman–Crippen LogP) is 3.30. The molecule has 160 valence electrons. The summed E-state index contributed by atoms with van der Waals surface area (Å²) in [5.74, 6) is 0.148. The van der Waals surface area contributed by atoms with Crippen LogP contribution >= 0.6 is 0 Å². The van der Waals surface area contributed by atoms with E-state index in [1.54, 1.807) is 5.56 Å². The molecule has 2 aromatic carbocycles. The van der Waals surface area contributed by atoms with Crippen LogP contribution in [-0.2, 0) is 23.1 Å². The van der Waals surface area contributed by atoms with Crippen molar-refractivity contribution in [1.29, 1.82) is 0 Å². The molecule has 30 heavy (non-hydrogen) atoms. The summed E-state index contributed by atoms with van der Waals surface area (Å²) in [6, 6.07) is 19.3. The van der Waals surface area contributed by atoms with E-state index in [0.29, 0.717) is 12.5 Å². The van der Waals surface area contributed by atoms with Crippen LogP contribution in [0.1, 0.15) is 42.4 Å². The highest BCUT2D eigenvalue weighted by atomic mass is 16.1. The van der Waals surface area contributed by atoms with Gasteiger partial charge in [-0.25, -0.2) is 0 Å². The Morgan fingerprint density at radius 1 is 1.07 bits per heavy atom. The Labute approximate surface area is 181 Å². The quantitative estimate of drug-likeness (QED) is 0.708. The molecule has 2 aliphatic rings. The van der Waals surface area contributed by atoms with Crippen molar-refractivity contribution in [2.24, 2.45) is 0 Å². The van der Waals surface area contributed by atoms with Crippen LogP contribution in [0.15, 0.2) is 54.6 Å². The molecule has 0 bridgehead atoms. The number of carbonyl (C=O) groups excluding carboxylic acids is 1. The van der Waals surface area contributed by atoms with Crippen LogP contribution in [0.5, 0.6) is 0 Å². The summed E-state index contributed by atoms with van der Waals surface area (Å²) in [6.07, 6.45) is 6.24. The van der Waals surface area contributed by atoms with Crippen molar-refractivity contribution in [3.8, 4) is 0 Å². The monoisotopic (exact) mass is 405 g/mol. The third-order valence-electron chi connectivity index (χ3n) is 7.04. The number of nitrogens with one attached hydrogen (secondary N) is 2. The Kier molecular flexibility index (Phi) is 6.86. The fraction of sp³-hybridized carbons (Fsp3) is 0.500. The van der Waals surface area contributed by atoms with Gasteiger partial charge in [0.2, 0.25) is 5.91 Å². The lowest BCUT2D eigenvalue weighted by Crippen LogP contribution is -2.46. The Hall–Kier alpha value is -2.17. The highest BCUT2D eigenvalue weighted by molar-refractivity contribution is 5.78. The molecule has 1 heterocycles. The van der Waals surface area contributed by atoms with Gasteiger partial charge < -0.3 is 15.5 Å². The Bertz CT molecular complexity index is 825. The van der Waals surface area contributed by atoms with Crippen LogP contribution in [0.3, 0.4) is 0 Å². The maximum Gasteiger partial charge on any atom is 0.224 e. The standard InChI is InChI=1S/C26H35N3O/c1-27-20-26(14-11-22-9-5-6-10-24(22)26)15-18-29-16-12-23(13-17-29)28-25(30)19-21-7-3-2-4-8-21/h2-10,23,27H,11-20H2,1H3,(H,28,30). The number of likely N-dealkylation sites (N-methyl/N-ethyl adjacent to an activating group) is 1. The lowest BCUT2D eigenvalue weighted by atomic mass is 9.78. The van der Waals surface area contributed by atoms with Crippen molar-refractivity contribution < 1.29 is 4.79 Å². The van der Waals surface area contributed by atoms with Crippen molar-refractivity contribution in [3.63, 3.8) is 0 Å². The molecule has 1 saturated heterocycles. The minimum atomic E-state index is 0.148. The first-order chi connectivity index (χ1) is 14.7. The molecule has 1 fully saturated rings. The first-order valence-electron chi connectivity index (χ1n) is 11.5. The van der Waals surface area contributed by atoms with Gasteiger partial charge in [-0.3, -0.25) is 4.79 Å². The van der Waals surface area contributed by atoms with E-state index in [-0.39, 0.29) is 11.3 Å². The molecule has 0 saturated carbocycles. The van der Waals surface area contributed by atoms with Gasteiger partial charge in [0.15, 0.2) is 0 Å². The molecule has 0 spiro atoms. The number of aryl methyl sites for hydroxylation is 1. The molecular formula is C26H35N3O. The summed E-state index contributed by atoms with van der Waals surface area (Å²) in [5.41, 5.74) is 4.45. The minimum absolute atomic E-state index is 0.148. The number of hydrogen-bond acceptors (Lipinski definition) is 3. The average Bonchev–Trinajstić information content (AvgIpc) is 3.13. The second-order valence-corrected chi connectivity index (χ2v) is 9.06. The first kappa shape index (κ1) is 21.1. The molecule has 1 aliphatic carbocycles. The molecule has 1 amide bonds. The molecule has 1 unspecified atom stereocenters. The zero-order chi connectivity index (χ0) is 20.8. The number of carbonyl (C=O) groups is 1. The Morgan fingerprint density at radius 2 is 1.80 bits per heavy atom. The van der Waals surface area contributed by atoms with Gasteiger partial charge in [-0.15, -0.1) is 0 Å². The third kappa shape index (κ3) is 4.93. The number of likely N-dealkylation sites (tertiary alicyclic amines) is 1. The van der Waals surface area contributed by atoms with Crippen LogP contribution in [-0.4, -0.2) is 50.1 Å². The van der Waals surface area contributed by atoms with E-state index in [0.717, 1.165) is 44.6 Å². The van der Waals surface area contributed by atoms with E-state index in [2.05, 4.69) is 46.8 Å². The van der Waals surface area contributed by atoms with E-state index >= 15 is 0 Å². The van der Waals surface area contributed by atoms with Gasteiger partial charge in [0.05, 0.1) is 6.42 Å². The van der Waals surface area contributed by atoms with Gasteiger partial charge in [-0.2, -0.15) is 0 Å².